The van der Waals surface area contributed by atoms with Gasteiger partial charge in [-0.05, 0) is 81.0 Å². The maximum Gasteiger partial charge on any atom is 0.243 e. The Morgan fingerprint density at radius 2 is 1.91 bits per heavy atom. The summed E-state index contributed by atoms with van der Waals surface area (Å²) in [4.78, 5) is 13.1. The van der Waals surface area contributed by atoms with Gasteiger partial charge >= 0.3 is 0 Å². The maximum absolute atomic E-state index is 13.2. The molecule has 1 amide bonds. The van der Waals surface area contributed by atoms with E-state index in [2.05, 4.69) is 12.2 Å². The van der Waals surface area contributed by atoms with E-state index in [-0.39, 0.29) is 23.3 Å². The number of unbranched alkanes of at least 4 members (excludes halogenated alkanes) is 1. The van der Waals surface area contributed by atoms with Crippen molar-refractivity contribution in [1.29, 1.82) is 0 Å². The van der Waals surface area contributed by atoms with E-state index in [1.165, 1.54) is 9.87 Å². The van der Waals surface area contributed by atoms with Crippen molar-refractivity contribution >= 4 is 21.6 Å². The zero-order valence-electron chi connectivity index (χ0n) is 19.3. The summed E-state index contributed by atoms with van der Waals surface area (Å²) in [5, 5.41) is 2.96. The van der Waals surface area contributed by atoms with E-state index in [0.29, 0.717) is 31.7 Å². The van der Waals surface area contributed by atoms with Crippen LogP contribution in [0, 0.1) is 12.8 Å². The minimum absolute atomic E-state index is 0.130. The van der Waals surface area contributed by atoms with Crippen LogP contribution < -0.4 is 10.1 Å². The molecule has 3 rings (SSSR count). The lowest BCUT2D eigenvalue weighted by Crippen LogP contribution is -2.43. The molecule has 6 nitrogen and oxygen atoms in total. The molecule has 2 aromatic carbocycles. The Kier molecular flexibility index (Phi) is 8.32. The molecule has 0 radical (unpaired) electrons. The average molecular weight is 459 g/mol. The summed E-state index contributed by atoms with van der Waals surface area (Å²) in [7, 11) is -3.67. The van der Waals surface area contributed by atoms with Gasteiger partial charge in [0.25, 0.3) is 0 Å². The molecular weight excluding hydrogens is 424 g/mol. The molecular formula is C25H34N2O4S. The van der Waals surface area contributed by atoms with Crippen molar-refractivity contribution in [1.82, 2.24) is 4.31 Å². The summed E-state index contributed by atoms with van der Waals surface area (Å²) in [5.74, 6) is 0.180. The van der Waals surface area contributed by atoms with Gasteiger partial charge in [-0.15, -0.1) is 0 Å². The van der Waals surface area contributed by atoms with E-state index in [0.717, 1.165) is 30.5 Å². The highest BCUT2D eigenvalue weighted by molar-refractivity contribution is 7.89. The lowest BCUT2D eigenvalue weighted by atomic mass is 9.98. The Balaban J connectivity index is 1.66. The summed E-state index contributed by atoms with van der Waals surface area (Å²) in [5.41, 5.74) is 2.78. The molecule has 1 atom stereocenters. The second-order valence-electron chi connectivity index (χ2n) is 8.35. The second-order valence-corrected chi connectivity index (χ2v) is 10.3. The van der Waals surface area contributed by atoms with Gasteiger partial charge in [-0.2, -0.15) is 4.31 Å². The van der Waals surface area contributed by atoms with Crippen LogP contribution in [0.4, 0.5) is 5.69 Å². The van der Waals surface area contributed by atoms with Crippen molar-refractivity contribution in [2.75, 3.05) is 25.0 Å². The predicted octanol–water partition coefficient (Wildman–Crippen LogP) is 4.78. The quantitative estimate of drug-likeness (QED) is 0.587. The number of sulfonamides is 1. The number of rotatable bonds is 9. The van der Waals surface area contributed by atoms with Crippen molar-refractivity contribution in [3.8, 4) is 5.75 Å². The van der Waals surface area contributed by atoms with Crippen LogP contribution in [0.1, 0.15) is 50.7 Å². The monoisotopic (exact) mass is 458 g/mol. The van der Waals surface area contributed by atoms with Gasteiger partial charge in [0.1, 0.15) is 5.75 Å². The van der Waals surface area contributed by atoms with Gasteiger partial charge in [-0.25, -0.2) is 8.42 Å². The van der Waals surface area contributed by atoms with Crippen LogP contribution in [-0.2, 0) is 21.2 Å². The number of carbonyl (C=O) groups excluding carboxylic acids is 1. The molecule has 174 valence electrons. The van der Waals surface area contributed by atoms with Crippen LogP contribution in [0.2, 0.25) is 0 Å². The highest BCUT2D eigenvalue weighted by atomic mass is 32.2. The Labute approximate surface area is 192 Å². The highest BCUT2D eigenvalue weighted by Gasteiger charge is 2.33. The van der Waals surface area contributed by atoms with Crippen LogP contribution in [0.5, 0.6) is 5.75 Å². The van der Waals surface area contributed by atoms with Crippen LogP contribution in [-0.4, -0.2) is 38.3 Å². The Hall–Kier alpha value is -2.38. The topological polar surface area (TPSA) is 75.7 Å². The van der Waals surface area contributed by atoms with Crippen molar-refractivity contribution < 1.29 is 17.9 Å². The number of hydrogen-bond donors (Lipinski definition) is 1. The minimum Gasteiger partial charge on any atom is -0.494 e. The first-order valence-corrected chi connectivity index (χ1v) is 12.9. The largest absolute Gasteiger partial charge is 0.494 e. The third kappa shape index (κ3) is 5.90. The second kappa shape index (κ2) is 11.0. The molecule has 0 unspecified atom stereocenters. The number of nitrogens with zero attached hydrogens (tertiary/aromatic N) is 1. The lowest BCUT2D eigenvalue weighted by Gasteiger charge is -2.31. The maximum atomic E-state index is 13.2. The summed E-state index contributed by atoms with van der Waals surface area (Å²) in [6.45, 7) is 7.03. The van der Waals surface area contributed by atoms with Crippen LogP contribution in [0.25, 0.3) is 0 Å². The van der Waals surface area contributed by atoms with Gasteiger partial charge < -0.3 is 10.1 Å². The smallest absolute Gasteiger partial charge is 0.243 e. The number of benzene rings is 2. The van der Waals surface area contributed by atoms with E-state index >= 15 is 0 Å². The van der Waals surface area contributed by atoms with E-state index in [1.54, 1.807) is 18.2 Å². The molecule has 1 aliphatic heterocycles. The molecule has 0 bridgehead atoms. The summed E-state index contributed by atoms with van der Waals surface area (Å²) >= 11 is 0. The van der Waals surface area contributed by atoms with Gasteiger partial charge in [-0.3, -0.25) is 4.79 Å². The van der Waals surface area contributed by atoms with Gasteiger partial charge in [-0.1, -0.05) is 25.5 Å². The van der Waals surface area contributed by atoms with Gasteiger partial charge in [0.05, 0.1) is 17.4 Å². The fourth-order valence-corrected chi connectivity index (χ4v) is 5.61. The number of anilines is 1. The first-order chi connectivity index (χ1) is 15.3. The number of hydrogen-bond acceptors (Lipinski definition) is 4. The fourth-order valence-electron chi connectivity index (χ4n) is 4.00. The van der Waals surface area contributed by atoms with E-state index in [4.69, 9.17) is 4.74 Å². The van der Waals surface area contributed by atoms with Crippen LogP contribution in [0.3, 0.4) is 0 Å². The van der Waals surface area contributed by atoms with Crippen molar-refractivity contribution in [3.63, 3.8) is 0 Å². The molecule has 1 fully saturated rings. The predicted molar refractivity (Wildman–Crippen MR) is 128 cm³/mol. The molecule has 0 aromatic heterocycles. The number of nitrogens with one attached hydrogen (secondary N) is 1. The molecule has 0 saturated carbocycles. The molecule has 7 heteroatoms. The van der Waals surface area contributed by atoms with E-state index < -0.39 is 10.0 Å². The Bertz CT molecular complexity index is 1020. The van der Waals surface area contributed by atoms with E-state index in [9.17, 15) is 13.2 Å². The SMILES string of the molecule is CCCCc1ccc(NC(=O)[C@@H]2CCCN(S(=O)(=O)c3ccc(OCC)c(C)c3)C2)cc1. The summed E-state index contributed by atoms with van der Waals surface area (Å²) in [6.07, 6.45) is 4.66. The first-order valence-electron chi connectivity index (χ1n) is 11.5. The zero-order valence-corrected chi connectivity index (χ0v) is 20.1. The van der Waals surface area contributed by atoms with Crippen LogP contribution >= 0.6 is 0 Å². The molecule has 2 aromatic rings. The summed E-state index contributed by atoms with van der Waals surface area (Å²) < 4.78 is 33.4. The summed E-state index contributed by atoms with van der Waals surface area (Å²) in [6, 6.07) is 12.8. The normalized spacial score (nSPS) is 17.2. The molecule has 0 spiro atoms. The zero-order chi connectivity index (χ0) is 23.1. The molecule has 32 heavy (non-hydrogen) atoms. The average Bonchev–Trinajstić information content (AvgIpc) is 2.80. The third-order valence-corrected chi connectivity index (χ3v) is 7.74. The van der Waals surface area contributed by atoms with Crippen molar-refractivity contribution in [2.24, 2.45) is 5.92 Å². The first kappa shape index (κ1) is 24.3. The number of amides is 1. The highest BCUT2D eigenvalue weighted by Crippen LogP contribution is 2.28. The van der Waals surface area contributed by atoms with Crippen molar-refractivity contribution in [3.05, 3.63) is 53.6 Å². The lowest BCUT2D eigenvalue weighted by molar-refractivity contribution is -0.120. The number of aryl methyl sites for hydroxylation is 2. The molecule has 1 saturated heterocycles. The minimum atomic E-state index is -3.67. The molecule has 0 aliphatic carbocycles. The van der Waals surface area contributed by atoms with Gasteiger partial charge in [0, 0.05) is 18.8 Å². The van der Waals surface area contributed by atoms with Gasteiger partial charge in [0.15, 0.2) is 0 Å². The molecule has 1 heterocycles. The van der Waals surface area contributed by atoms with E-state index in [1.807, 2.05) is 38.1 Å². The standard InChI is InChI=1S/C25H34N2O4S/c1-4-6-8-20-10-12-22(13-11-20)26-25(28)21-9-7-16-27(18-21)32(29,30)23-14-15-24(31-5-2)19(3)17-23/h10-15,17,21H,4-9,16,18H2,1-3H3,(H,26,28)/t21-/m1/s1. The number of piperidine rings is 1. The third-order valence-electron chi connectivity index (χ3n) is 5.88. The Morgan fingerprint density at radius 3 is 2.56 bits per heavy atom. The van der Waals surface area contributed by atoms with Crippen LogP contribution in [0.15, 0.2) is 47.4 Å². The molecule has 1 N–H and O–H groups in total. The number of carbonyl (C=O) groups is 1. The number of ether oxygens (including phenoxy) is 1. The Morgan fingerprint density at radius 1 is 1.16 bits per heavy atom. The van der Waals surface area contributed by atoms with Crippen molar-refractivity contribution in [2.45, 2.75) is 57.8 Å². The molecule has 1 aliphatic rings. The fraction of sp³-hybridized carbons (Fsp3) is 0.480. The van der Waals surface area contributed by atoms with Gasteiger partial charge in [0.2, 0.25) is 15.9 Å².